The summed E-state index contributed by atoms with van der Waals surface area (Å²) in [6.07, 6.45) is 0.810. The summed E-state index contributed by atoms with van der Waals surface area (Å²) in [5.74, 6) is -0.140. The van der Waals surface area contributed by atoms with E-state index in [0.29, 0.717) is 0 Å². The lowest BCUT2D eigenvalue weighted by atomic mass is 9.94. The van der Waals surface area contributed by atoms with Gasteiger partial charge in [-0.25, -0.2) is 0 Å². The van der Waals surface area contributed by atoms with Crippen molar-refractivity contribution >= 4 is 5.97 Å². The summed E-state index contributed by atoms with van der Waals surface area (Å²) in [6.45, 7) is 4.65. The fourth-order valence-corrected chi connectivity index (χ4v) is 2.29. The molecule has 1 fully saturated rings. The fourth-order valence-electron chi connectivity index (χ4n) is 2.29. The SMILES string of the molecule is CC(C)OC(=O)C1CCNC1c1ccccc1. The number of benzene rings is 1. The number of carbonyl (C=O) groups excluding carboxylic acids is 1. The molecule has 0 radical (unpaired) electrons. The first-order chi connectivity index (χ1) is 8.18. The second-order valence-electron chi connectivity index (χ2n) is 4.72. The van der Waals surface area contributed by atoms with Gasteiger partial charge in [0, 0.05) is 6.04 Å². The van der Waals surface area contributed by atoms with Gasteiger partial charge in [-0.1, -0.05) is 30.3 Å². The van der Waals surface area contributed by atoms with Crippen LogP contribution in [0.1, 0.15) is 31.9 Å². The van der Waals surface area contributed by atoms with E-state index < -0.39 is 0 Å². The van der Waals surface area contributed by atoms with E-state index in [-0.39, 0.29) is 24.0 Å². The Morgan fingerprint density at radius 3 is 2.71 bits per heavy atom. The molecule has 0 bridgehead atoms. The van der Waals surface area contributed by atoms with Gasteiger partial charge in [0.2, 0.25) is 0 Å². The van der Waals surface area contributed by atoms with Gasteiger partial charge in [-0.15, -0.1) is 0 Å². The van der Waals surface area contributed by atoms with Crippen LogP contribution in [0.2, 0.25) is 0 Å². The third-order valence-electron chi connectivity index (χ3n) is 3.04. The van der Waals surface area contributed by atoms with Crippen molar-refractivity contribution in [1.82, 2.24) is 5.32 Å². The summed E-state index contributed by atoms with van der Waals surface area (Å²) in [6, 6.07) is 10.2. The summed E-state index contributed by atoms with van der Waals surface area (Å²) >= 11 is 0. The van der Waals surface area contributed by atoms with Crippen LogP contribution in [0.25, 0.3) is 0 Å². The van der Waals surface area contributed by atoms with Gasteiger partial charge in [0.05, 0.1) is 12.0 Å². The molecule has 0 saturated carbocycles. The van der Waals surface area contributed by atoms with Crippen LogP contribution in [0.4, 0.5) is 0 Å². The molecule has 3 nitrogen and oxygen atoms in total. The molecule has 2 atom stereocenters. The zero-order valence-corrected chi connectivity index (χ0v) is 10.3. The lowest BCUT2D eigenvalue weighted by molar-refractivity contribution is -0.152. The van der Waals surface area contributed by atoms with E-state index in [1.54, 1.807) is 0 Å². The van der Waals surface area contributed by atoms with E-state index in [1.165, 1.54) is 0 Å². The molecule has 1 aliphatic rings. The van der Waals surface area contributed by atoms with Crippen LogP contribution in [0.15, 0.2) is 30.3 Å². The van der Waals surface area contributed by atoms with Crippen LogP contribution >= 0.6 is 0 Å². The lowest BCUT2D eigenvalue weighted by Gasteiger charge is -2.20. The van der Waals surface area contributed by atoms with E-state index in [1.807, 2.05) is 32.0 Å². The first-order valence-electron chi connectivity index (χ1n) is 6.17. The lowest BCUT2D eigenvalue weighted by Crippen LogP contribution is -2.26. The van der Waals surface area contributed by atoms with E-state index in [4.69, 9.17) is 4.74 Å². The average molecular weight is 233 g/mol. The van der Waals surface area contributed by atoms with Crippen molar-refractivity contribution in [3.8, 4) is 0 Å². The Morgan fingerprint density at radius 1 is 1.35 bits per heavy atom. The molecule has 0 amide bonds. The second-order valence-corrected chi connectivity index (χ2v) is 4.72. The molecule has 3 heteroatoms. The zero-order valence-electron chi connectivity index (χ0n) is 10.3. The van der Waals surface area contributed by atoms with Gasteiger partial charge < -0.3 is 10.1 Å². The third-order valence-corrected chi connectivity index (χ3v) is 3.04. The predicted octanol–water partition coefficient (Wildman–Crippen LogP) is 2.29. The monoisotopic (exact) mass is 233 g/mol. The normalized spacial score (nSPS) is 23.9. The van der Waals surface area contributed by atoms with Crippen molar-refractivity contribution in [3.05, 3.63) is 35.9 Å². The molecule has 0 spiro atoms. The maximum Gasteiger partial charge on any atom is 0.311 e. The Hall–Kier alpha value is -1.35. The van der Waals surface area contributed by atoms with Crippen LogP contribution in [0.5, 0.6) is 0 Å². The number of hydrogen-bond acceptors (Lipinski definition) is 3. The number of hydrogen-bond donors (Lipinski definition) is 1. The Balaban J connectivity index is 2.10. The first kappa shape index (κ1) is 12.1. The summed E-state index contributed by atoms with van der Waals surface area (Å²) in [4.78, 5) is 12.0. The van der Waals surface area contributed by atoms with Gasteiger partial charge in [-0.3, -0.25) is 4.79 Å². The van der Waals surface area contributed by atoms with Crippen molar-refractivity contribution in [2.45, 2.75) is 32.4 Å². The highest BCUT2D eigenvalue weighted by atomic mass is 16.5. The molecule has 1 heterocycles. The van der Waals surface area contributed by atoms with E-state index >= 15 is 0 Å². The molecule has 1 N–H and O–H groups in total. The maximum atomic E-state index is 12.0. The highest BCUT2D eigenvalue weighted by Crippen LogP contribution is 2.30. The Kier molecular flexibility index (Phi) is 3.79. The van der Waals surface area contributed by atoms with E-state index in [2.05, 4.69) is 17.4 Å². The molecule has 1 saturated heterocycles. The highest BCUT2D eigenvalue weighted by molar-refractivity contribution is 5.74. The summed E-state index contributed by atoms with van der Waals surface area (Å²) in [5.41, 5.74) is 1.16. The number of carbonyl (C=O) groups is 1. The van der Waals surface area contributed by atoms with Gasteiger partial charge in [0.25, 0.3) is 0 Å². The van der Waals surface area contributed by atoms with Crippen molar-refractivity contribution in [2.75, 3.05) is 6.54 Å². The van der Waals surface area contributed by atoms with Gasteiger partial charge in [-0.2, -0.15) is 0 Å². The third kappa shape index (κ3) is 2.86. The quantitative estimate of drug-likeness (QED) is 0.814. The summed E-state index contributed by atoms with van der Waals surface area (Å²) in [7, 11) is 0. The Morgan fingerprint density at radius 2 is 2.06 bits per heavy atom. The molecular formula is C14H19NO2. The minimum absolute atomic E-state index is 0.0421. The van der Waals surface area contributed by atoms with Gasteiger partial charge in [-0.05, 0) is 32.4 Å². The molecule has 2 rings (SSSR count). The average Bonchev–Trinajstić information content (AvgIpc) is 2.78. The maximum absolute atomic E-state index is 12.0. The largest absolute Gasteiger partial charge is 0.463 e. The molecule has 92 valence electrons. The molecule has 0 aliphatic carbocycles. The minimum Gasteiger partial charge on any atom is -0.463 e. The highest BCUT2D eigenvalue weighted by Gasteiger charge is 2.35. The molecule has 1 aromatic rings. The number of ether oxygens (including phenoxy) is 1. The van der Waals surface area contributed by atoms with Crippen LogP contribution < -0.4 is 5.32 Å². The number of nitrogens with one attached hydrogen (secondary N) is 1. The van der Waals surface area contributed by atoms with Gasteiger partial charge in [0.15, 0.2) is 0 Å². The number of rotatable bonds is 3. The zero-order chi connectivity index (χ0) is 12.3. The minimum atomic E-state index is -0.0844. The second kappa shape index (κ2) is 5.32. The van der Waals surface area contributed by atoms with Crippen LogP contribution in [-0.4, -0.2) is 18.6 Å². The standard InChI is InChI=1S/C14H19NO2/c1-10(2)17-14(16)12-8-9-15-13(12)11-6-4-3-5-7-11/h3-7,10,12-13,15H,8-9H2,1-2H3. The fraction of sp³-hybridized carbons (Fsp3) is 0.500. The van der Waals surface area contributed by atoms with E-state index in [9.17, 15) is 4.79 Å². The molecule has 0 aromatic heterocycles. The summed E-state index contributed by atoms with van der Waals surface area (Å²) < 4.78 is 5.31. The van der Waals surface area contributed by atoms with Crippen molar-refractivity contribution in [3.63, 3.8) is 0 Å². The van der Waals surface area contributed by atoms with Crippen LogP contribution in [0.3, 0.4) is 0 Å². The smallest absolute Gasteiger partial charge is 0.311 e. The molecule has 2 unspecified atom stereocenters. The van der Waals surface area contributed by atoms with Crippen molar-refractivity contribution < 1.29 is 9.53 Å². The topological polar surface area (TPSA) is 38.3 Å². The Bertz CT molecular complexity index is 375. The number of esters is 1. The molecule has 17 heavy (non-hydrogen) atoms. The first-order valence-corrected chi connectivity index (χ1v) is 6.17. The van der Waals surface area contributed by atoms with Crippen LogP contribution in [-0.2, 0) is 9.53 Å². The van der Waals surface area contributed by atoms with Crippen molar-refractivity contribution in [2.24, 2.45) is 5.92 Å². The summed E-state index contributed by atoms with van der Waals surface area (Å²) in [5, 5.41) is 3.38. The molecular weight excluding hydrogens is 214 g/mol. The van der Waals surface area contributed by atoms with E-state index in [0.717, 1.165) is 18.5 Å². The van der Waals surface area contributed by atoms with Crippen LogP contribution in [0, 0.1) is 5.92 Å². The molecule has 1 aliphatic heterocycles. The molecule has 1 aromatic carbocycles. The van der Waals surface area contributed by atoms with Crippen molar-refractivity contribution in [1.29, 1.82) is 0 Å². The Labute approximate surface area is 102 Å². The van der Waals surface area contributed by atoms with Gasteiger partial charge in [0.1, 0.15) is 0 Å². The predicted molar refractivity (Wildman–Crippen MR) is 66.5 cm³/mol. The van der Waals surface area contributed by atoms with Gasteiger partial charge >= 0.3 is 5.97 Å².